The minimum absolute atomic E-state index is 0.0181. The van der Waals surface area contributed by atoms with Gasteiger partial charge in [-0.1, -0.05) is 31.2 Å². The summed E-state index contributed by atoms with van der Waals surface area (Å²) in [5.74, 6) is -0.0181. The maximum absolute atomic E-state index is 12.1. The molecule has 1 aliphatic rings. The first-order valence-corrected chi connectivity index (χ1v) is 11.7. The Bertz CT molecular complexity index is 1350. The van der Waals surface area contributed by atoms with Crippen molar-refractivity contribution >= 4 is 56.0 Å². The second-order valence-electron chi connectivity index (χ2n) is 8.01. The van der Waals surface area contributed by atoms with E-state index in [-0.39, 0.29) is 11.9 Å². The Hall–Kier alpha value is -2.97. The molecule has 1 saturated heterocycles. The van der Waals surface area contributed by atoms with Crippen molar-refractivity contribution in [3.63, 3.8) is 0 Å². The molecule has 4 aromatic rings. The summed E-state index contributed by atoms with van der Waals surface area (Å²) in [6.45, 7) is 9.87. The highest BCUT2D eigenvalue weighted by atomic mass is 35.5. The number of pyridine rings is 1. The van der Waals surface area contributed by atoms with E-state index in [9.17, 15) is 4.79 Å². The van der Waals surface area contributed by atoms with Crippen LogP contribution in [0, 0.1) is 6.92 Å². The summed E-state index contributed by atoms with van der Waals surface area (Å²) < 4.78 is 4.67. The third-order valence-corrected chi connectivity index (χ3v) is 7.36. The Morgan fingerprint density at radius 1 is 1.38 bits per heavy atom. The Morgan fingerprint density at radius 2 is 2.22 bits per heavy atom. The van der Waals surface area contributed by atoms with Crippen molar-refractivity contribution in [2.24, 2.45) is 0 Å². The van der Waals surface area contributed by atoms with Gasteiger partial charge in [0.15, 0.2) is 5.65 Å². The van der Waals surface area contributed by atoms with Crippen LogP contribution in [0.2, 0.25) is 5.02 Å². The van der Waals surface area contributed by atoms with Crippen molar-refractivity contribution in [3.8, 4) is 11.3 Å². The number of fused-ring (bicyclic) bond motifs is 2. The van der Waals surface area contributed by atoms with Crippen molar-refractivity contribution in [3.05, 3.63) is 47.6 Å². The minimum Gasteiger partial charge on any atom is -0.355 e. The maximum atomic E-state index is 12.1. The molecular weight excluding hydrogens is 444 g/mol. The van der Waals surface area contributed by atoms with E-state index in [0.717, 1.165) is 45.4 Å². The average Bonchev–Trinajstić information content (AvgIpc) is 3.44. The Balaban J connectivity index is 1.56. The molecule has 7 nitrogen and oxygen atoms in total. The number of aryl methyl sites for hydroxylation is 1. The van der Waals surface area contributed by atoms with Crippen molar-refractivity contribution in [2.75, 3.05) is 24.5 Å². The van der Waals surface area contributed by atoms with Crippen LogP contribution < -0.4 is 4.90 Å². The Morgan fingerprint density at radius 3 is 3.00 bits per heavy atom. The highest BCUT2D eigenvalue weighted by Crippen LogP contribution is 2.40. The van der Waals surface area contributed by atoms with Gasteiger partial charge in [0.1, 0.15) is 5.00 Å². The molecule has 1 unspecified atom stereocenters. The molecule has 1 atom stereocenters. The smallest absolute Gasteiger partial charge is 0.246 e. The van der Waals surface area contributed by atoms with E-state index >= 15 is 0 Å². The lowest BCUT2D eigenvalue weighted by molar-refractivity contribution is -0.126. The van der Waals surface area contributed by atoms with E-state index in [2.05, 4.69) is 33.0 Å². The van der Waals surface area contributed by atoms with E-state index in [0.29, 0.717) is 29.5 Å². The zero-order valence-corrected chi connectivity index (χ0v) is 19.5. The topological polar surface area (TPSA) is 78.0 Å². The van der Waals surface area contributed by atoms with E-state index < -0.39 is 0 Å². The van der Waals surface area contributed by atoms with Crippen LogP contribution in [0.1, 0.15) is 18.9 Å². The first-order valence-electron chi connectivity index (χ1n) is 10.6. The quantitative estimate of drug-likeness (QED) is 0.437. The normalized spacial score (nSPS) is 16.8. The molecule has 1 aliphatic heterocycles. The molecule has 3 aromatic heterocycles. The number of carbonyl (C=O) groups is 1. The summed E-state index contributed by atoms with van der Waals surface area (Å²) in [7, 11) is 0. The molecule has 164 valence electrons. The zero-order chi connectivity index (χ0) is 22.4. The van der Waals surface area contributed by atoms with Gasteiger partial charge in [0.2, 0.25) is 5.91 Å². The fourth-order valence-corrected chi connectivity index (χ4v) is 5.62. The third-order valence-electron chi connectivity index (χ3n) is 6.18. The molecule has 0 saturated carbocycles. The number of aromatic amines is 1. The number of aromatic nitrogens is 4. The lowest BCUT2D eigenvalue weighted by atomic mass is 10.0. The molecule has 0 spiro atoms. The number of carbonyl (C=O) groups excluding carboxylic acids is 1. The number of amides is 1. The van der Waals surface area contributed by atoms with Gasteiger partial charge < -0.3 is 9.80 Å². The number of rotatable bonds is 4. The number of nitrogens with one attached hydrogen (secondary N) is 1. The van der Waals surface area contributed by atoms with Crippen molar-refractivity contribution < 1.29 is 4.79 Å². The van der Waals surface area contributed by atoms with Gasteiger partial charge in [-0.3, -0.25) is 9.89 Å². The van der Waals surface area contributed by atoms with Gasteiger partial charge in [0.25, 0.3) is 0 Å². The molecule has 0 radical (unpaired) electrons. The number of benzene rings is 1. The Kier molecular flexibility index (Phi) is 5.35. The molecule has 9 heteroatoms. The average molecular weight is 467 g/mol. The molecule has 0 bridgehead atoms. The lowest BCUT2D eigenvalue weighted by Crippen LogP contribution is -2.54. The predicted molar refractivity (Wildman–Crippen MR) is 130 cm³/mol. The second-order valence-corrected chi connectivity index (χ2v) is 9.17. The highest BCUT2D eigenvalue weighted by Gasteiger charge is 2.30. The molecule has 1 fully saturated rings. The standard InChI is InChI=1S/C23H23ClN6OS/c1-4-14-12-29(19(31)5-2)8-9-30(14)23-15-10-17(24)21(26-22(15)28-32-23)20-13(3)6-7-18-16(20)11-25-27-18/h5-7,10-11,14H,2,4,8-9,12H2,1,3H3,(H,25,27). The van der Waals surface area contributed by atoms with Gasteiger partial charge in [-0.25, -0.2) is 4.98 Å². The molecule has 32 heavy (non-hydrogen) atoms. The number of anilines is 1. The predicted octanol–water partition coefficient (Wildman–Crippen LogP) is 4.81. The second kappa shape index (κ2) is 8.18. The van der Waals surface area contributed by atoms with Gasteiger partial charge in [0, 0.05) is 36.6 Å². The summed E-state index contributed by atoms with van der Waals surface area (Å²) in [5, 5.41) is 10.8. The molecular formula is C23H23ClN6OS. The largest absolute Gasteiger partial charge is 0.355 e. The maximum Gasteiger partial charge on any atom is 0.246 e. The van der Waals surface area contributed by atoms with Gasteiger partial charge in [-0.15, -0.1) is 0 Å². The van der Waals surface area contributed by atoms with Crippen LogP contribution in [-0.2, 0) is 4.79 Å². The highest BCUT2D eigenvalue weighted by molar-refractivity contribution is 7.11. The first kappa shape index (κ1) is 20.9. The van der Waals surface area contributed by atoms with Gasteiger partial charge in [-0.2, -0.15) is 9.47 Å². The number of halogens is 1. The summed E-state index contributed by atoms with van der Waals surface area (Å²) in [6.07, 6.45) is 4.11. The van der Waals surface area contributed by atoms with E-state index in [4.69, 9.17) is 16.6 Å². The van der Waals surface area contributed by atoms with Crippen LogP contribution in [0.3, 0.4) is 0 Å². The van der Waals surface area contributed by atoms with Gasteiger partial charge >= 0.3 is 0 Å². The van der Waals surface area contributed by atoms with Gasteiger partial charge in [-0.05, 0) is 48.6 Å². The van der Waals surface area contributed by atoms with Crippen LogP contribution in [0.4, 0.5) is 5.00 Å². The fraction of sp³-hybridized carbons (Fsp3) is 0.304. The van der Waals surface area contributed by atoms with Crippen LogP contribution in [0.15, 0.2) is 37.1 Å². The van der Waals surface area contributed by atoms with Crippen molar-refractivity contribution in [2.45, 2.75) is 26.3 Å². The van der Waals surface area contributed by atoms with Gasteiger partial charge in [0.05, 0.1) is 27.8 Å². The molecule has 1 N–H and O–H groups in total. The van der Waals surface area contributed by atoms with E-state index in [1.54, 1.807) is 0 Å². The minimum atomic E-state index is -0.0181. The molecule has 5 rings (SSSR count). The number of hydrogen-bond donors (Lipinski definition) is 1. The summed E-state index contributed by atoms with van der Waals surface area (Å²) in [5.41, 5.74) is 4.40. The first-order chi connectivity index (χ1) is 15.5. The number of hydrogen-bond acceptors (Lipinski definition) is 6. The number of piperazine rings is 1. The molecule has 0 aliphatic carbocycles. The lowest BCUT2D eigenvalue weighted by Gasteiger charge is -2.41. The van der Waals surface area contributed by atoms with Crippen LogP contribution >= 0.6 is 23.1 Å². The monoisotopic (exact) mass is 466 g/mol. The van der Waals surface area contributed by atoms with E-state index in [1.807, 2.05) is 36.2 Å². The van der Waals surface area contributed by atoms with Crippen LogP contribution in [-0.4, -0.2) is 56.0 Å². The molecule has 4 heterocycles. The molecule has 1 amide bonds. The van der Waals surface area contributed by atoms with Crippen LogP contribution in [0.5, 0.6) is 0 Å². The summed E-state index contributed by atoms with van der Waals surface area (Å²) >= 11 is 8.24. The van der Waals surface area contributed by atoms with Crippen molar-refractivity contribution in [1.29, 1.82) is 0 Å². The summed E-state index contributed by atoms with van der Waals surface area (Å²) in [6, 6.07) is 6.23. The zero-order valence-electron chi connectivity index (χ0n) is 17.9. The number of H-pyrrole nitrogens is 1. The van der Waals surface area contributed by atoms with Crippen molar-refractivity contribution in [1.82, 2.24) is 24.5 Å². The fourth-order valence-electron chi connectivity index (χ4n) is 4.47. The third kappa shape index (κ3) is 3.34. The SMILES string of the molecule is C=CC(=O)N1CCN(c2snc3nc(-c4c(C)ccc5[nH]ncc45)c(Cl)cc23)C(CC)C1. The van der Waals surface area contributed by atoms with E-state index in [1.165, 1.54) is 17.6 Å². The Labute approximate surface area is 194 Å². The number of nitrogens with zero attached hydrogens (tertiary/aromatic N) is 5. The summed E-state index contributed by atoms with van der Waals surface area (Å²) in [4.78, 5) is 21.2. The van der Waals surface area contributed by atoms with Crippen LogP contribution in [0.25, 0.3) is 33.2 Å². The molecule has 1 aromatic carbocycles.